The van der Waals surface area contributed by atoms with Crippen molar-refractivity contribution >= 4 is 22.8 Å². The quantitative estimate of drug-likeness (QED) is 0.568. The number of nitrogen functional groups attached to an aromatic ring is 2. The summed E-state index contributed by atoms with van der Waals surface area (Å²) in [6.45, 7) is 3.69. The fourth-order valence-corrected chi connectivity index (χ4v) is 1.53. The summed E-state index contributed by atoms with van der Waals surface area (Å²) in [7, 11) is 0. The second-order valence-corrected chi connectivity index (χ2v) is 4.28. The van der Waals surface area contributed by atoms with E-state index in [4.69, 9.17) is 15.9 Å². The van der Waals surface area contributed by atoms with Crippen LogP contribution in [0, 0.1) is 13.8 Å². The minimum Gasteiger partial charge on any atom is -0.424 e. The van der Waals surface area contributed by atoms with Gasteiger partial charge in [-0.25, -0.2) is 0 Å². The normalized spacial score (nSPS) is 10.1. The Kier molecular flexibility index (Phi) is 3.69. The second-order valence-electron chi connectivity index (χ2n) is 4.28. The van der Waals surface area contributed by atoms with Gasteiger partial charge in [-0.15, -0.1) is 0 Å². The van der Waals surface area contributed by atoms with Crippen LogP contribution in [0.2, 0.25) is 0 Å². The van der Waals surface area contributed by atoms with Crippen LogP contribution in [-0.2, 0) is 0 Å². The van der Waals surface area contributed by atoms with Crippen LogP contribution in [0.15, 0.2) is 33.7 Å². The van der Waals surface area contributed by atoms with Crippen molar-refractivity contribution in [1.29, 1.82) is 0 Å². The molecule has 3 aromatic rings. The van der Waals surface area contributed by atoms with Crippen molar-refractivity contribution in [3.05, 3.63) is 46.1 Å². The van der Waals surface area contributed by atoms with E-state index in [1.807, 2.05) is 6.92 Å². The van der Waals surface area contributed by atoms with E-state index in [1.54, 1.807) is 19.2 Å². The molecule has 3 heterocycles. The zero-order valence-electron chi connectivity index (χ0n) is 11.2. The molecule has 0 amide bonds. The summed E-state index contributed by atoms with van der Waals surface area (Å²) < 4.78 is 5.08. The molecule has 7 heteroatoms. The molecule has 0 atom stereocenters. The van der Waals surface area contributed by atoms with Gasteiger partial charge in [-0.1, -0.05) is 0 Å². The first kappa shape index (κ1) is 13.6. The lowest BCUT2D eigenvalue weighted by Crippen LogP contribution is -2.07. The third-order valence-corrected chi connectivity index (χ3v) is 2.52. The van der Waals surface area contributed by atoms with Gasteiger partial charge in [-0.3, -0.25) is 9.78 Å². The van der Waals surface area contributed by atoms with Gasteiger partial charge in [0.15, 0.2) is 5.58 Å². The predicted molar refractivity (Wildman–Crippen MR) is 77.2 cm³/mol. The number of aromatic amines is 1. The summed E-state index contributed by atoms with van der Waals surface area (Å²) in [4.78, 5) is 21.5. The molecule has 0 fully saturated rings. The smallest absolute Gasteiger partial charge is 0.293 e. The molecule has 3 aromatic heterocycles. The number of oxazole rings is 1. The largest absolute Gasteiger partial charge is 0.424 e. The summed E-state index contributed by atoms with van der Waals surface area (Å²) in [6.07, 6.45) is 3.14. The van der Waals surface area contributed by atoms with E-state index < -0.39 is 0 Å². The van der Waals surface area contributed by atoms with E-state index in [0.29, 0.717) is 11.1 Å². The van der Waals surface area contributed by atoms with Gasteiger partial charge in [-0.05, 0) is 13.8 Å². The predicted octanol–water partition coefficient (Wildman–Crippen LogP) is 1.38. The Balaban J connectivity index is 0.000000151. The van der Waals surface area contributed by atoms with Crippen molar-refractivity contribution in [2.75, 3.05) is 11.5 Å². The van der Waals surface area contributed by atoms with Gasteiger partial charge in [-0.2, -0.15) is 4.98 Å². The van der Waals surface area contributed by atoms with Crippen LogP contribution < -0.4 is 16.9 Å². The minimum absolute atomic E-state index is 0.119. The van der Waals surface area contributed by atoms with Gasteiger partial charge in [0.2, 0.25) is 5.43 Å². The molecule has 0 spiro atoms. The van der Waals surface area contributed by atoms with E-state index in [9.17, 15) is 4.79 Å². The number of fused-ring (bicyclic) bond motifs is 1. The second kappa shape index (κ2) is 5.43. The van der Waals surface area contributed by atoms with Gasteiger partial charge in [0, 0.05) is 29.7 Å². The average molecular weight is 273 g/mol. The highest BCUT2D eigenvalue weighted by atomic mass is 16.4. The molecule has 0 aliphatic heterocycles. The highest BCUT2D eigenvalue weighted by Crippen LogP contribution is 2.15. The maximum absolute atomic E-state index is 10.7. The molecule has 104 valence electrons. The molecule has 5 N–H and O–H groups in total. The summed E-state index contributed by atoms with van der Waals surface area (Å²) in [6, 6.07) is 3.46. The van der Waals surface area contributed by atoms with Crippen LogP contribution in [-0.4, -0.2) is 15.0 Å². The Morgan fingerprint density at radius 1 is 1.25 bits per heavy atom. The summed E-state index contributed by atoms with van der Waals surface area (Å²) >= 11 is 0. The number of nitrogens with zero attached hydrogens (tertiary/aromatic N) is 2. The van der Waals surface area contributed by atoms with Crippen LogP contribution in [0.4, 0.5) is 11.7 Å². The lowest BCUT2D eigenvalue weighted by Gasteiger charge is -1.91. The number of anilines is 2. The molecule has 0 aromatic carbocycles. The number of pyridine rings is 2. The van der Waals surface area contributed by atoms with Crippen LogP contribution >= 0.6 is 0 Å². The number of nitrogens with one attached hydrogen (secondary N) is 1. The summed E-state index contributed by atoms with van der Waals surface area (Å²) in [5.41, 5.74) is 13.8. The van der Waals surface area contributed by atoms with Gasteiger partial charge >= 0.3 is 0 Å². The SMILES string of the molecule is Cc1cc(=O)c(N)c[nH]1.Cc1cc2oc(N)nc2cn1. The van der Waals surface area contributed by atoms with Crippen LogP contribution in [0.5, 0.6) is 0 Å². The monoisotopic (exact) mass is 273 g/mol. The van der Waals surface area contributed by atoms with Gasteiger partial charge in [0.05, 0.1) is 11.9 Å². The molecule has 3 rings (SSSR count). The van der Waals surface area contributed by atoms with E-state index >= 15 is 0 Å². The lowest BCUT2D eigenvalue weighted by molar-refractivity contribution is 0.625. The van der Waals surface area contributed by atoms with Gasteiger partial charge < -0.3 is 20.9 Å². The number of rotatable bonds is 0. The highest BCUT2D eigenvalue weighted by Gasteiger charge is 2.01. The van der Waals surface area contributed by atoms with E-state index in [-0.39, 0.29) is 17.1 Å². The van der Waals surface area contributed by atoms with Crippen molar-refractivity contribution in [2.24, 2.45) is 0 Å². The molecule has 20 heavy (non-hydrogen) atoms. The minimum atomic E-state index is -0.119. The summed E-state index contributed by atoms with van der Waals surface area (Å²) in [5.74, 6) is 0. The molecule has 0 saturated carbocycles. The maximum atomic E-state index is 10.7. The van der Waals surface area contributed by atoms with Gasteiger partial charge in [0.1, 0.15) is 5.52 Å². The van der Waals surface area contributed by atoms with Gasteiger partial charge in [0.25, 0.3) is 6.01 Å². The maximum Gasteiger partial charge on any atom is 0.293 e. The molecule has 0 bridgehead atoms. The number of hydrogen-bond donors (Lipinski definition) is 3. The molecule has 0 unspecified atom stereocenters. The molecule has 0 aliphatic rings. The number of hydrogen-bond acceptors (Lipinski definition) is 6. The third-order valence-electron chi connectivity index (χ3n) is 2.52. The number of nitrogens with two attached hydrogens (primary N) is 2. The fourth-order valence-electron chi connectivity index (χ4n) is 1.53. The Morgan fingerprint density at radius 3 is 2.65 bits per heavy atom. The molecule has 0 saturated heterocycles. The van der Waals surface area contributed by atoms with E-state index in [0.717, 1.165) is 11.4 Å². The van der Waals surface area contributed by atoms with E-state index in [1.165, 1.54) is 12.3 Å². The first-order valence-electron chi connectivity index (χ1n) is 5.89. The Hall–Kier alpha value is -2.83. The summed E-state index contributed by atoms with van der Waals surface area (Å²) in [5, 5.41) is 0. The molecular formula is C13H15N5O2. The number of H-pyrrole nitrogens is 1. The fraction of sp³-hybridized carbons (Fsp3) is 0.154. The van der Waals surface area contributed by atoms with Crippen molar-refractivity contribution in [1.82, 2.24) is 15.0 Å². The average Bonchev–Trinajstić information content (AvgIpc) is 2.74. The standard InChI is InChI=1S/C7H7N3O.C6H8N2O/c1-4-2-6-5(3-9-4)10-7(8)11-6;1-4-2-6(9)5(7)3-8-4/h2-3H,1H3,(H2,8,10);2-3H,7H2,1H3,(H,8,9). The Bertz CT molecular complexity index is 791. The van der Waals surface area contributed by atoms with E-state index in [2.05, 4.69) is 15.0 Å². The van der Waals surface area contributed by atoms with Crippen molar-refractivity contribution in [3.63, 3.8) is 0 Å². The third kappa shape index (κ3) is 3.14. The topological polar surface area (TPSA) is 124 Å². The zero-order chi connectivity index (χ0) is 14.7. The molecule has 7 nitrogen and oxygen atoms in total. The number of aromatic nitrogens is 3. The van der Waals surface area contributed by atoms with Crippen molar-refractivity contribution in [3.8, 4) is 0 Å². The first-order valence-corrected chi connectivity index (χ1v) is 5.89. The Morgan fingerprint density at radius 2 is 2.00 bits per heavy atom. The van der Waals surface area contributed by atoms with Crippen molar-refractivity contribution < 1.29 is 4.42 Å². The number of aryl methyl sites for hydroxylation is 2. The van der Waals surface area contributed by atoms with Crippen molar-refractivity contribution in [2.45, 2.75) is 13.8 Å². The Labute approximate surface area is 114 Å². The zero-order valence-corrected chi connectivity index (χ0v) is 11.2. The van der Waals surface area contributed by atoms with Crippen LogP contribution in [0.1, 0.15) is 11.4 Å². The molecule has 0 aliphatic carbocycles. The molecular weight excluding hydrogens is 258 g/mol. The highest BCUT2D eigenvalue weighted by molar-refractivity contribution is 5.73. The van der Waals surface area contributed by atoms with Crippen LogP contribution in [0.3, 0.4) is 0 Å². The van der Waals surface area contributed by atoms with Crippen LogP contribution in [0.25, 0.3) is 11.1 Å². The molecule has 0 radical (unpaired) electrons. The lowest BCUT2D eigenvalue weighted by atomic mass is 10.3. The first-order chi connectivity index (χ1) is 9.45.